The molecule has 1 amide bonds. The molecule has 126 valence electrons. The number of piperazine rings is 1. The number of hydrogen-bond donors (Lipinski definition) is 1. The van der Waals surface area contributed by atoms with Gasteiger partial charge in [0.2, 0.25) is 0 Å². The monoisotopic (exact) mass is 346 g/mol. The highest BCUT2D eigenvalue weighted by Crippen LogP contribution is 2.27. The quantitative estimate of drug-likeness (QED) is 0.925. The standard InChI is InChI=1S/C18H19ClN2O3/c19-14-5-1-4-8-17(14)24-13-18(23)21-11-9-20(10-12-21)15-6-2-3-7-16(15)22/h1-8,22H,9-13H2. The summed E-state index contributed by atoms with van der Waals surface area (Å²) in [6, 6.07) is 14.3. The second kappa shape index (κ2) is 7.45. The molecule has 6 heteroatoms. The average molecular weight is 347 g/mol. The molecule has 24 heavy (non-hydrogen) atoms. The summed E-state index contributed by atoms with van der Waals surface area (Å²) in [5, 5.41) is 10.4. The highest BCUT2D eigenvalue weighted by Gasteiger charge is 2.22. The molecule has 3 rings (SSSR count). The highest BCUT2D eigenvalue weighted by molar-refractivity contribution is 6.32. The van der Waals surface area contributed by atoms with Gasteiger partial charge < -0.3 is 19.6 Å². The summed E-state index contributed by atoms with van der Waals surface area (Å²) in [4.78, 5) is 16.1. The van der Waals surface area contributed by atoms with Gasteiger partial charge in [0.15, 0.2) is 6.61 Å². The molecule has 1 N–H and O–H groups in total. The number of halogens is 1. The Hall–Kier alpha value is -2.40. The first-order chi connectivity index (χ1) is 11.6. The SMILES string of the molecule is O=C(COc1ccccc1Cl)N1CCN(c2ccccc2O)CC1. The van der Waals surface area contributed by atoms with E-state index in [0.29, 0.717) is 37.0 Å². The highest BCUT2D eigenvalue weighted by atomic mass is 35.5. The Labute approximate surface area is 146 Å². The molecular formula is C18H19ClN2O3. The first-order valence-corrected chi connectivity index (χ1v) is 8.21. The maximum absolute atomic E-state index is 12.3. The van der Waals surface area contributed by atoms with Gasteiger partial charge in [0.1, 0.15) is 11.5 Å². The number of carbonyl (C=O) groups excluding carboxylic acids is 1. The number of phenolic OH excluding ortho intramolecular Hbond substituents is 1. The van der Waals surface area contributed by atoms with Gasteiger partial charge >= 0.3 is 0 Å². The topological polar surface area (TPSA) is 53.0 Å². The smallest absolute Gasteiger partial charge is 0.260 e. The Morgan fingerprint density at radius 1 is 1.04 bits per heavy atom. The van der Waals surface area contributed by atoms with Crippen LogP contribution in [0.15, 0.2) is 48.5 Å². The van der Waals surface area contributed by atoms with Gasteiger partial charge in [0.25, 0.3) is 5.91 Å². The van der Waals surface area contributed by atoms with Crippen molar-refractivity contribution >= 4 is 23.2 Å². The molecular weight excluding hydrogens is 328 g/mol. The van der Waals surface area contributed by atoms with Gasteiger partial charge in [-0.1, -0.05) is 35.9 Å². The van der Waals surface area contributed by atoms with Crippen molar-refractivity contribution < 1.29 is 14.6 Å². The predicted octanol–water partition coefficient (Wildman–Crippen LogP) is 2.77. The van der Waals surface area contributed by atoms with E-state index in [2.05, 4.69) is 4.90 Å². The van der Waals surface area contributed by atoms with E-state index < -0.39 is 0 Å². The van der Waals surface area contributed by atoms with Crippen molar-refractivity contribution in [3.8, 4) is 11.5 Å². The number of aromatic hydroxyl groups is 1. The van der Waals surface area contributed by atoms with Crippen molar-refractivity contribution in [1.29, 1.82) is 0 Å². The van der Waals surface area contributed by atoms with E-state index in [-0.39, 0.29) is 18.3 Å². The second-order valence-corrected chi connectivity index (χ2v) is 5.98. The molecule has 0 spiro atoms. The van der Waals surface area contributed by atoms with Crippen molar-refractivity contribution in [3.63, 3.8) is 0 Å². The van der Waals surface area contributed by atoms with Crippen molar-refractivity contribution in [3.05, 3.63) is 53.6 Å². The van der Waals surface area contributed by atoms with Crippen molar-refractivity contribution in [2.75, 3.05) is 37.7 Å². The molecule has 0 bridgehead atoms. The normalized spacial score (nSPS) is 14.5. The zero-order valence-electron chi connectivity index (χ0n) is 13.2. The Morgan fingerprint density at radius 3 is 2.42 bits per heavy atom. The van der Waals surface area contributed by atoms with Crippen molar-refractivity contribution in [1.82, 2.24) is 4.90 Å². The van der Waals surface area contributed by atoms with Gasteiger partial charge in [-0.15, -0.1) is 0 Å². The van der Waals surface area contributed by atoms with Crippen molar-refractivity contribution in [2.24, 2.45) is 0 Å². The summed E-state index contributed by atoms with van der Waals surface area (Å²) in [5.41, 5.74) is 0.803. The van der Waals surface area contributed by atoms with Crippen LogP contribution in [-0.4, -0.2) is 48.7 Å². The molecule has 1 aliphatic rings. The number of anilines is 1. The lowest BCUT2D eigenvalue weighted by atomic mass is 10.2. The number of hydrogen-bond acceptors (Lipinski definition) is 4. The minimum atomic E-state index is -0.0631. The van der Waals surface area contributed by atoms with E-state index in [1.807, 2.05) is 24.3 Å². The number of phenols is 1. The molecule has 1 aliphatic heterocycles. The van der Waals surface area contributed by atoms with E-state index >= 15 is 0 Å². The van der Waals surface area contributed by atoms with Gasteiger partial charge in [0, 0.05) is 26.2 Å². The molecule has 0 aromatic heterocycles. The van der Waals surface area contributed by atoms with Crippen LogP contribution in [0.4, 0.5) is 5.69 Å². The first-order valence-electron chi connectivity index (χ1n) is 7.83. The third-order valence-corrected chi connectivity index (χ3v) is 4.35. The van der Waals surface area contributed by atoms with Crippen LogP contribution in [0.25, 0.3) is 0 Å². The number of benzene rings is 2. The number of nitrogens with zero attached hydrogens (tertiary/aromatic N) is 2. The zero-order valence-corrected chi connectivity index (χ0v) is 13.9. The summed E-state index contributed by atoms with van der Waals surface area (Å²) in [6.07, 6.45) is 0. The Kier molecular flexibility index (Phi) is 5.11. The summed E-state index contributed by atoms with van der Waals surface area (Å²) >= 11 is 6.01. The second-order valence-electron chi connectivity index (χ2n) is 5.58. The van der Waals surface area contributed by atoms with Crippen LogP contribution in [0.2, 0.25) is 5.02 Å². The molecule has 5 nitrogen and oxygen atoms in total. The molecule has 0 radical (unpaired) electrons. The van der Waals surface area contributed by atoms with E-state index in [4.69, 9.17) is 16.3 Å². The summed E-state index contributed by atoms with van der Waals surface area (Å²) < 4.78 is 5.51. The zero-order chi connectivity index (χ0) is 16.9. The van der Waals surface area contributed by atoms with Crippen LogP contribution in [0.3, 0.4) is 0 Å². The van der Waals surface area contributed by atoms with E-state index in [0.717, 1.165) is 5.69 Å². The third-order valence-electron chi connectivity index (χ3n) is 4.04. The number of ether oxygens (including phenoxy) is 1. The lowest BCUT2D eigenvalue weighted by Gasteiger charge is -2.36. The van der Waals surface area contributed by atoms with Gasteiger partial charge in [-0.25, -0.2) is 0 Å². The Bertz CT molecular complexity index is 715. The molecule has 1 saturated heterocycles. The number of carbonyl (C=O) groups is 1. The molecule has 2 aromatic rings. The largest absolute Gasteiger partial charge is 0.506 e. The summed E-state index contributed by atoms with van der Waals surface area (Å²) in [7, 11) is 0. The van der Waals surface area contributed by atoms with E-state index in [1.165, 1.54) is 0 Å². The van der Waals surface area contributed by atoms with Crippen molar-refractivity contribution in [2.45, 2.75) is 0 Å². The molecule has 1 heterocycles. The number of amides is 1. The first kappa shape index (κ1) is 16.5. The minimum Gasteiger partial charge on any atom is -0.506 e. The fourth-order valence-electron chi connectivity index (χ4n) is 2.72. The van der Waals surface area contributed by atoms with Gasteiger partial charge in [-0.2, -0.15) is 0 Å². The number of para-hydroxylation sites is 3. The van der Waals surface area contributed by atoms with Crippen LogP contribution >= 0.6 is 11.6 Å². The van der Waals surface area contributed by atoms with E-state index in [1.54, 1.807) is 29.2 Å². The fraction of sp³-hybridized carbons (Fsp3) is 0.278. The van der Waals surface area contributed by atoms with Gasteiger partial charge in [0.05, 0.1) is 10.7 Å². The molecule has 0 aliphatic carbocycles. The summed E-state index contributed by atoms with van der Waals surface area (Å²) in [5.74, 6) is 0.714. The van der Waals surface area contributed by atoms with Gasteiger partial charge in [-0.05, 0) is 24.3 Å². The van der Waals surface area contributed by atoms with Crippen LogP contribution in [0, 0.1) is 0 Å². The maximum atomic E-state index is 12.3. The molecule has 0 saturated carbocycles. The minimum absolute atomic E-state index is 0.0275. The van der Waals surface area contributed by atoms with Crippen LogP contribution in [0.1, 0.15) is 0 Å². The predicted molar refractivity (Wildman–Crippen MR) is 93.8 cm³/mol. The molecule has 0 unspecified atom stereocenters. The Morgan fingerprint density at radius 2 is 1.71 bits per heavy atom. The average Bonchev–Trinajstić information content (AvgIpc) is 2.61. The van der Waals surface area contributed by atoms with Gasteiger partial charge in [-0.3, -0.25) is 4.79 Å². The van der Waals surface area contributed by atoms with Crippen LogP contribution in [0.5, 0.6) is 11.5 Å². The van der Waals surface area contributed by atoms with E-state index in [9.17, 15) is 9.90 Å². The van der Waals surface area contributed by atoms with Crippen LogP contribution in [-0.2, 0) is 4.79 Å². The lowest BCUT2D eigenvalue weighted by Crippen LogP contribution is -2.50. The maximum Gasteiger partial charge on any atom is 0.260 e. The molecule has 2 aromatic carbocycles. The molecule has 0 atom stereocenters. The van der Waals surface area contributed by atoms with Crippen LogP contribution < -0.4 is 9.64 Å². The Balaban J connectivity index is 1.52. The fourth-order valence-corrected chi connectivity index (χ4v) is 2.91. The lowest BCUT2D eigenvalue weighted by molar-refractivity contribution is -0.133. The third kappa shape index (κ3) is 3.74. The summed E-state index contributed by atoms with van der Waals surface area (Å²) in [6.45, 7) is 2.52. The molecule has 1 fully saturated rings. The number of rotatable bonds is 4.